The lowest BCUT2D eigenvalue weighted by Crippen LogP contribution is -1.95. The van der Waals surface area contributed by atoms with E-state index in [0.29, 0.717) is 10.9 Å². The van der Waals surface area contributed by atoms with E-state index in [-0.39, 0.29) is 16.5 Å². The van der Waals surface area contributed by atoms with Gasteiger partial charge < -0.3 is 10.2 Å². The Morgan fingerprint density at radius 3 is 2.42 bits per heavy atom. The van der Waals surface area contributed by atoms with Crippen molar-refractivity contribution in [2.75, 3.05) is 0 Å². The third kappa shape index (κ3) is 2.93. The molecule has 0 saturated carbocycles. The highest BCUT2D eigenvalue weighted by molar-refractivity contribution is 9.10. The molecule has 0 aliphatic carbocycles. The van der Waals surface area contributed by atoms with Gasteiger partial charge in [-0.3, -0.25) is 4.57 Å². The van der Waals surface area contributed by atoms with Crippen LogP contribution < -0.4 is 0 Å². The van der Waals surface area contributed by atoms with Crippen molar-refractivity contribution in [1.82, 2.24) is 4.57 Å². The Kier molecular flexibility index (Phi) is 4.39. The lowest BCUT2D eigenvalue weighted by atomic mass is 10.2. The van der Waals surface area contributed by atoms with Gasteiger partial charge in [0, 0.05) is 9.86 Å². The average Bonchev–Trinajstić information content (AvgIpc) is 2.84. The number of sulfonamides is 1. The van der Waals surface area contributed by atoms with Crippen molar-refractivity contribution in [3.05, 3.63) is 53.0 Å². The van der Waals surface area contributed by atoms with Crippen LogP contribution in [0.2, 0.25) is 0 Å². The zero-order chi connectivity index (χ0) is 17.3. The number of aliphatic hydroxyl groups is 1. The molecule has 0 atom stereocenters. The Morgan fingerprint density at radius 2 is 1.75 bits per heavy atom. The van der Waals surface area contributed by atoms with Crippen LogP contribution in [-0.4, -0.2) is 23.2 Å². The molecule has 2 aromatic carbocycles. The number of rotatable bonds is 4. The van der Waals surface area contributed by atoms with Gasteiger partial charge in [-0.05, 0) is 30.3 Å². The standard InChI is InChI=1S/C15H12BrN3O4S/c16-10-5-7-11(8-6-10)24(22,23)18-17-14-12-3-1-2-4-13(12)19(9-20)15(14)21/h1-8,20-21H,9H2. The molecule has 0 spiro atoms. The van der Waals surface area contributed by atoms with Crippen LogP contribution in [0.1, 0.15) is 0 Å². The maximum absolute atomic E-state index is 12.2. The van der Waals surface area contributed by atoms with Crippen molar-refractivity contribution in [3.8, 4) is 5.88 Å². The molecule has 0 aliphatic rings. The molecule has 0 amide bonds. The van der Waals surface area contributed by atoms with Crippen molar-refractivity contribution >= 4 is 42.5 Å². The lowest BCUT2D eigenvalue weighted by molar-refractivity contribution is 0.202. The normalized spacial score (nSPS) is 12.2. The Hall–Kier alpha value is -2.23. The molecule has 3 aromatic rings. The molecule has 0 aliphatic heterocycles. The molecule has 1 aromatic heterocycles. The van der Waals surface area contributed by atoms with Gasteiger partial charge in [-0.15, -0.1) is 5.11 Å². The van der Waals surface area contributed by atoms with Gasteiger partial charge >= 0.3 is 0 Å². The Morgan fingerprint density at radius 1 is 1.08 bits per heavy atom. The number of benzene rings is 2. The van der Waals surface area contributed by atoms with Crippen LogP contribution in [0.4, 0.5) is 5.69 Å². The number of aromatic nitrogens is 1. The summed E-state index contributed by atoms with van der Waals surface area (Å²) >= 11 is 3.23. The van der Waals surface area contributed by atoms with Gasteiger partial charge in [-0.2, -0.15) is 8.42 Å². The van der Waals surface area contributed by atoms with Crippen LogP contribution in [0.15, 0.2) is 67.5 Å². The fraction of sp³-hybridized carbons (Fsp3) is 0.0667. The molecule has 7 nitrogen and oxygen atoms in total. The first-order valence-electron chi connectivity index (χ1n) is 6.78. The number of aliphatic hydroxyl groups excluding tert-OH is 1. The molecule has 24 heavy (non-hydrogen) atoms. The number of fused-ring (bicyclic) bond motifs is 1. The molecule has 9 heteroatoms. The van der Waals surface area contributed by atoms with E-state index in [1.54, 1.807) is 36.4 Å². The Bertz CT molecular complexity index is 1030. The van der Waals surface area contributed by atoms with E-state index < -0.39 is 16.8 Å². The summed E-state index contributed by atoms with van der Waals surface area (Å²) in [5.41, 5.74) is 0.507. The molecular weight excluding hydrogens is 398 g/mol. The number of para-hydroxylation sites is 1. The van der Waals surface area contributed by atoms with E-state index in [2.05, 4.69) is 25.6 Å². The zero-order valence-electron chi connectivity index (χ0n) is 12.2. The second-order valence-electron chi connectivity index (χ2n) is 4.87. The first-order chi connectivity index (χ1) is 11.4. The molecule has 0 unspecified atom stereocenters. The van der Waals surface area contributed by atoms with Crippen molar-refractivity contribution in [2.24, 2.45) is 9.63 Å². The molecule has 0 bridgehead atoms. The molecular formula is C15H12BrN3O4S. The molecule has 2 N–H and O–H groups in total. The van der Waals surface area contributed by atoms with Crippen LogP contribution in [0.25, 0.3) is 10.9 Å². The SMILES string of the molecule is O=S(=O)(N=Nc1c(O)n(CO)c2ccccc12)c1ccc(Br)cc1. The summed E-state index contributed by atoms with van der Waals surface area (Å²) in [7, 11) is -4.00. The summed E-state index contributed by atoms with van der Waals surface area (Å²) in [6.45, 7) is -0.471. The van der Waals surface area contributed by atoms with E-state index >= 15 is 0 Å². The maximum Gasteiger partial charge on any atom is 0.299 e. The van der Waals surface area contributed by atoms with Crippen LogP contribution in [0.5, 0.6) is 5.88 Å². The zero-order valence-corrected chi connectivity index (χ0v) is 14.6. The van der Waals surface area contributed by atoms with E-state index in [1.165, 1.54) is 16.7 Å². The monoisotopic (exact) mass is 409 g/mol. The highest BCUT2D eigenvalue weighted by Crippen LogP contribution is 2.38. The van der Waals surface area contributed by atoms with E-state index in [9.17, 15) is 18.6 Å². The summed E-state index contributed by atoms with van der Waals surface area (Å²) in [6, 6.07) is 12.7. The molecule has 0 saturated heterocycles. The van der Waals surface area contributed by atoms with Crippen molar-refractivity contribution < 1.29 is 18.6 Å². The van der Waals surface area contributed by atoms with Crippen molar-refractivity contribution in [1.29, 1.82) is 0 Å². The van der Waals surface area contributed by atoms with Gasteiger partial charge in [0.05, 0.1) is 10.4 Å². The van der Waals surface area contributed by atoms with Gasteiger partial charge in [0.1, 0.15) is 6.73 Å². The predicted molar refractivity (Wildman–Crippen MR) is 91.7 cm³/mol. The van der Waals surface area contributed by atoms with Crippen LogP contribution in [-0.2, 0) is 16.8 Å². The predicted octanol–water partition coefficient (Wildman–Crippen LogP) is 3.53. The smallest absolute Gasteiger partial charge is 0.299 e. The number of hydrogen-bond donors (Lipinski definition) is 2. The van der Waals surface area contributed by atoms with E-state index in [1.807, 2.05) is 0 Å². The molecule has 3 rings (SSSR count). The first kappa shape index (κ1) is 16.6. The summed E-state index contributed by atoms with van der Waals surface area (Å²) in [6.07, 6.45) is 0. The van der Waals surface area contributed by atoms with Gasteiger partial charge in [0.25, 0.3) is 10.0 Å². The fourth-order valence-corrected chi connectivity index (χ4v) is 3.29. The van der Waals surface area contributed by atoms with E-state index in [4.69, 9.17) is 0 Å². The van der Waals surface area contributed by atoms with Crippen molar-refractivity contribution in [3.63, 3.8) is 0 Å². The highest BCUT2D eigenvalue weighted by Gasteiger charge is 2.18. The average molecular weight is 410 g/mol. The molecule has 0 radical (unpaired) electrons. The Balaban J connectivity index is 2.08. The minimum Gasteiger partial charge on any atom is -0.493 e. The second kappa shape index (κ2) is 6.34. The van der Waals surface area contributed by atoms with Crippen LogP contribution >= 0.6 is 15.9 Å². The molecule has 1 heterocycles. The number of hydrogen-bond acceptors (Lipinski definition) is 5. The minimum absolute atomic E-state index is 0.0136. The topological polar surface area (TPSA) is 104 Å². The van der Waals surface area contributed by atoms with Gasteiger partial charge in [0.15, 0.2) is 5.69 Å². The number of halogens is 1. The highest BCUT2D eigenvalue weighted by atomic mass is 79.9. The third-order valence-electron chi connectivity index (χ3n) is 3.42. The van der Waals surface area contributed by atoms with Gasteiger partial charge in [0.2, 0.25) is 5.88 Å². The summed E-state index contributed by atoms with van der Waals surface area (Å²) in [4.78, 5) is -0.0140. The lowest BCUT2D eigenvalue weighted by Gasteiger charge is -2.00. The summed E-state index contributed by atoms with van der Waals surface area (Å²) < 4.78 is 29.8. The van der Waals surface area contributed by atoms with Crippen LogP contribution in [0.3, 0.4) is 0 Å². The minimum atomic E-state index is -4.00. The molecule has 124 valence electrons. The largest absolute Gasteiger partial charge is 0.493 e. The Labute approximate surface area is 146 Å². The van der Waals surface area contributed by atoms with Gasteiger partial charge in [-0.1, -0.05) is 38.6 Å². The maximum atomic E-state index is 12.2. The quantitative estimate of drug-likeness (QED) is 0.642. The summed E-state index contributed by atoms with van der Waals surface area (Å²) in [5.74, 6) is -0.353. The summed E-state index contributed by atoms with van der Waals surface area (Å²) in [5, 5.41) is 23.7. The van der Waals surface area contributed by atoms with Crippen molar-refractivity contribution in [2.45, 2.75) is 11.6 Å². The third-order valence-corrected chi connectivity index (χ3v) is 5.11. The fourth-order valence-electron chi connectivity index (χ4n) is 2.26. The first-order valence-corrected chi connectivity index (χ1v) is 9.02. The molecule has 0 fully saturated rings. The van der Waals surface area contributed by atoms with Gasteiger partial charge in [-0.25, -0.2) is 0 Å². The van der Waals surface area contributed by atoms with E-state index in [0.717, 1.165) is 4.47 Å². The second-order valence-corrected chi connectivity index (χ2v) is 7.37. The number of nitrogens with zero attached hydrogens (tertiary/aromatic N) is 3. The number of aromatic hydroxyl groups is 1. The van der Waals surface area contributed by atoms with Crippen LogP contribution in [0, 0.1) is 0 Å².